The molecule has 0 spiro atoms. The number of alkyl halides is 1. The van der Waals surface area contributed by atoms with Crippen LogP contribution in [0.3, 0.4) is 0 Å². The first-order chi connectivity index (χ1) is 4.70. The predicted molar refractivity (Wildman–Crippen MR) is 40.7 cm³/mol. The van der Waals surface area contributed by atoms with Crippen molar-refractivity contribution in [1.29, 1.82) is 0 Å². The fourth-order valence-electron chi connectivity index (χ4n) is 1.12. The molecule has 10 heavy (non-hydrogen) atoms. The molecule has 1 nitrogen and oxygen atoms in total. The standard InChI is InChI=1S/C8H14FN/c1-7(2)10-5-3-4-8(9)6-10/h3-4,7-8H,5-6H2,1-2H3. The van der Waals surface area contributed by atoms with E-state index in [-0.39, 0.29) is 0 Å². The minimum atomic E-state index is -0.754. The van der Waals surface area contributed by atoms with Crippen LogP contribution in [0.1, 0.15) is 13.8 Å². The molecule has 0 saturated carbocycles. The predicted octanol–water partition coefficient (Wildman–Crippen LogP) is 1.60. The molecule has 58 valence electrons. The summed E-state index contributed by atoms with van der Waals surface area (Å²) in [7, 11) is 0. The van der Waals surface area contributed by atoms with E-state index in [9.17, 15) is 4.39 Å². The Hall–Kier alpha value is -0.370. The molecule has 2 heteroatoms. The minimum Gasteiger partial charge on any atom is -0.294 e. The van der Waals surface area contributed by atoms with Gasteiger partial charge >= 0.3 is 0 Å². The van der Waals surface area contributed by atoms with Gasteiger partial charge in [-0.25, -0.2) is 4.39 Å². The molecule has 0 aromatic heterocycles. The molecule has 1 aliphatic rings. The molecule has 1 atom stereocenters. The summed E-state index contributed by atoms with van der Waals surface area (Å²) in [5.74, 6) is 0. The highest BCUT2D eigenvalue weighted by atomic mass is 19.1. The van der Waals surface area contributed by atoms with Gasteiger partial charge in [0.15, 0.2) is 0 Å². The summed E-state index contributed by atoms with van der Waals surface area (Å²) in [6, 6.07) is 0.461. The highest BCUT2D eigenvalue weighted by Crippen LogP contribution is 2.08. The van der Waals surface area contributed by atoms with Crippen LogP contribution in [0.25, 0.3) is 0 Å². The Kier molecular flexibility index (Phi) is 2.44. The first-order valence-electron chi connectivity index (χ1n) is 3.75. The molecule has 0 amide bonds. The molecule has 1 rings (SSSR count). The molecule has 1 unspecified atom stereocenters. The van der Waals surface area contributed by atoms with Crippen molar-refractivity contribution >= 4 is 0 Å². The minimum absolute atomic E-state index is 0.461. The van der Waals surface area contributed by atoms with Crippen molar-refractivity contribution < 1.29 is 4.39 Å². The van der Waals surface area contributed by atoms with Crippen LogP contribution in [-0.2, 0) is 0 Å². The summed E-state index contributed by atoms with van der Waals surface area (Å²) in [5, 5.41) is 0. The molecule has 0 saturated heterocycles. The van der Waals surface area contributed by atoms with Crippen molar-refractivity contribution in [2.75, 3.05) is 13.1 Å². The summed E-state index contributed by atoms with van der Waals surface area (Å²) in [6.07, 6.45) is 2.78. The van der Waals surface area contributed by atoms with Gasteiger partial charge in [0.25, 0.3) is 0 Å². The third kappa shape index (κ3) is 1.81. The zero-order valence-electron chi connectivity index (χ0n) is 6.55. The largest absolute Gasteiger partial charge is 0.294 e. The Morgan fingerprint density at radius 3 is 2.70 bits per heavy atom. The lowest BCUT2D eigenvalue weighted by Crippen LogP contribution is -2.38. The van der Waals surface area contributed by atoms with Gasteiger partial charge in [-0.2, -0.15) is 0 Å². The van der Waals surface area contributed by atoms with Gasteiger partial charge in [-0.3, -0.25) is 4.90 Å². The van der Waals surface area contributed by atoms with Crippen molar-refractivity contribution in [3.05, 3.63) is 12.2 Å². The molecule has 1 heterocycles. The lowest BCUT2D eigenvalue weighted by molar-refractivity contribution is 0.184. The molecular weight excluding hydrogens is 129 g/mol. The molecule has 0 N–H and O–H groups in total. The third-order valence-electron chi connectivity index (χ3n) is 1.82. The summed E-state index contributed by atoms with van der Waals surface area (Å²) in [4.78, 5) is 2.12. The second kappa shape index (κ2) is 3.15. The summed E-state index contributed by atoms with van der Waals surface area (Å²) in [5.41, 5.74) is 0. The monoisotopic (exact) mass is 143 g/mol. The Bertz CT molecular complexity index is 131. The fraction of sp³-hybridized carbons (Fsp3) is 0.750. The van der Waals surface area contributed by atoms with E-state index >= 15 is 0 Å². The molecular formula is C8H14FN. The lowest BCUT2D eigenvalue weighted by atomic mass is 10.2. The molecule has 0 fully saturated rings. The average molecular weight is 143 g/mol. The van der Waals surface area contributed by atoms with Crippen LogP contribution in [0.2, 0.25) is 0 Å². The second-order valence-electron chi connectivity index (χ2n) is 2.99. The Labute approximate surface area is 61.5 Å². The normalized spacial score (nSPS) is 27.8. The molecule has 0 aromatic carbocycles. The van der Waals surface area contributed by atoms with Crippen LogP contribution in [0.5, 0.6) is 0 Å². The summed E-state index contributed by atoms with van der Waals surface area (Å²) < 4.78 is 12.7. The van der Waals surface area contributed by atoms with Crippen LogP contribution >= 0.6 is 0 Å². The maximum Gasteiger partial charge on any atom is 0.131 e. The van der Waals surface area contributed by atoms with Crippen molar-refractivity contribution in [1.82, 2.24) is 4.90 Å². The van der Waals surface area contributed by atoms with E-state index < -0.39 is 6.17 Å². The molecule has 0 bridgehead atoms. The molecule has 0 aromatic rings. The van der Waals surface area contributed by atoms with E-state index in [1.165, 1.54) is 0 Å². The topological polar surface area (TPSA) is 3.24 Å². The smallest absolute Gasteiger partial charge is 0.131 e. The van der Waals surface area contributed by atoms with Crippen LogP contribution in [0.4, 0.5) is 4.39 Å². The van der Waals surface area contributed by atoms with E-state index in [4.69, 9.17) is 0 Å². The molecule has 1 aliphatic heterocycles. The first kappa shape index (κ1) is 7.73. The van der Waals surface area contributed by atoms with Gasteiger partial charge in [-0.05, 0) is 13.8 Å². The van der Waals surface area contributed by atoms with E-state index in [2.05, 4.69) is 18.7 Å². The van der Waals surface area contributed by atoms with E-state index in [0.717, 1.165) is 6.54 Å². The second-order valence-corrected chi connectivity index (χ2v) is 2.99. The number of hydrogen-bond acceptors (Lipinski definition) is 1. The number of rotatable bonds is 1. The Balaban J connectivity index is 2.44. The fourth-order valence-corrected chi connectivity index (χ4v) is 1.12. The van der Waals surface area contributed by atoms with Crippen LogP contribution in [0.15, 0.2) is 12.2 Å². The van der Waals surface area contributed by atoms with Crippen LogP contribution < -0.4 is 0 Å². The SMILES string of the molecule is CC(C)N1CC=CC(F)C1. The van der Waals surface area contributed by atoms with Crippen LogP contribution in [0, 0.1) is 0 Å². The van der Waals surface area contributed by atoms with Gasteiger partial charge in [0.1, 0.15) is 6.17 Å². The highest BCUT2D eigenvalue weighted by molar-refractivity contribution is 4.98. The van der Waals surface area contributed by atoms with Crippen LogP contribution in [-0.4, -0.2) is 30.2 Å². The van der Waals surface area contributed by atoms with Gasteiger partial charge in [-0.1, -0.05) is 12.2 Å². The van der Waals surface area contributed by atoms with Crippen molar-refractivity contribution in [3.63, 3.8) is 0 Å². The quantitative estimate of drug-likeness (QED) is 0.504. The number of nitrogens with zero attached hydrogens (tertiary/aromatic N) is 1. The zero-order chi connectivity index (χ0) is 7.56. The number of hydrogen-bond donors (Lipinski definition) is 0. The highest BCUT2D eigenvalue weighted by Gasteiger charge is 2.15. The van der Waals surface area contributed by atoms with Gasteiger partial charge in [-0.15, -0.1) is 0 Å². The van der Waals surface area contributed by atoms with Gasteiger partial charge in [0, 0.05) is 19.1 Å². The Morgan fingerprint density at radius 1 is 1.60 bits per heavy atom. The van der Waals surface area contributed by atoms with Gasteiger partial charge in [0.05, 0.1) is 0 Å². The zero-order valence-corrected chi connectivity index (χ0v) is 6.55. The summed E-state index contributed by atoms with van der Waals surface area (Å²) >= 11 is 0. The lowest BCUT2D eigenvalue weighted by Gasteiger charge is -2.28. The van der Waals surface area contributed by atoms with Gasteiger partial charge in [0.2, 0.25) is 0 Å². The van der Waals surface area contributed by atoms with Gasteiger partial charge < -0.3 is 0 Å². The number of halogens is 1. The van der Waals surface area contributed by atoms with Crippen molar-refractivity contribution in [3.8, 4) is 0 Å². The van der Waals surface area contributed by atoms with Crippen molar-refractivity contribution in [2.45, 2.75) is 26.1 Å². The maximum absolute atomic E-state index is 12.7. The Morgan fingerprint density at radius 2 is 2.30 bits per heavy atom. The summed E-state index contributed by atoms with van der Waals surface area (Å²) in [6.45, 7) is 5.64. The van der Waals surface area contributed by atoms with E-state index in [1.807, 2.05) is 6.08 Å². The molecule has 0 aliphatic carbocycles. The van der Waals surface area contributed by atoms with E-state index in [1.54, 1.807) is 6.08 Å². The van der Waals surface area contributed by atoms with E-state index in [0.29, 0.717) is 12.6 Å². The maximum atomic E-state index is 12.7. The van der Waals surface area contributed by atoms with Crippen molar-refractivity contribution in [2.24, 2.45) is 0 Å². The average Bonchev–Trinajstić information content (AvgIpc) is 1.88. The first-order valence-corrected chi connectivity index (χ1v) is 3.75. The third-order valence-corrected chi connectivity index (χ3v) is 1.82. The molecule has 0 radical (unpaired) electrons.